The van der Waals surface area contributed by atoms with E-state index in [-0.39, 0.29) is 24.0 Å². The molecule has 0 radical (unpaired) electrons. The molecule has 0 unspecified atom stereocenters. The molecule has 1 amide bonds. The smallest absolute Gasteiger partial charge is 0.387 e. The van der Waals surface area contributed by atoms with Gasteiger partial charge in [0.2, 0.25) is 0 Å². The molecule has 0 spiro atoms. The van der Waals surface area contributed by atoms with E-state index in [1.54, 1.807) is 12.1 Å². The molecule has 3 rings (SSSR count). The third-order valence-electron chi connectivity index (χ3n) is 4.08. The number of hydrogen-bond acceptors (Lipinski definition) is 3. The molecular formula is C19H18F2N2O3. The number of halogens is 2. The normalized spacial score (nSPS) is 11.0. The first kappa shape index (κ1) is 17.7. The van der Waals surface area contributed by atoms with E-state index in [1.807, 2.05) is 41.9 Å². The summed E-state index contributed by atoms with van der Waals surface area (Å²) in [4.78, 5) is 12.5. The van der Waals surface area contributed by atoms with Crippen LogP contribution < -0.4 is 14.8 Å². The number of aromatic nitrogens is 1. The van der Waals surface area contributed by atoms with E-state index in [1.165, 1.54) is 13.2 Å². The van der Waals surface area contributed by atoms with E-state index in [0.29, 0.717) is 11.3 Å². The van der Waals surface area contributed by atoms with Crippen LogP contribution in [0, 0.1) is 0 Å². The van der Waals surface area contributed by atoms with Crippen LogP contribution in [0.4, 0.5) is 8.78 Å². The molecule has 0 atom stereocenters. The van der Waals surface area contributed by atoms with E-state index >= 15 is 0 Å². The predicted molar refractivity (Wildman–Crippen MR) is 93.7 cm³/mol. The molecule has 7 heteroatoms. The Morgan fingerprint density at radius 2 is 1.92 bits per heavy atom. The Morgan fingerprint density at radius 1 is 1.15 bits per heavy atom. The van der Waals surface area contributed by atoms with Crippen LogP contribution in [0.5, 0.6) is 11.5 Å². The summed E-state index contributed by atoms with van der Waals surface area (Å²) in [7, 11) is 3.20. The molecule has 0 aliphatic rings. The number of rotatable bonds is 6. The van der Waals surface area contributed by atoms with Crippen molar-refractivity contribution in [2.24, 2.45) is 7.05 Å². The van der Waals surface area contributed by atoms with Gasteiger partial charge in [-0.2, -0.15) is 8.78 Å². The molecule has 26 heavy (non-hydrogen) atoms. The molecule has 1 N–H and O–H groups in total. The number of aryl methyl sites for hydroxylation is 1. The van der Waals surface area contributed by atoms with Crippen LogP contribution >= 0.6 is 0 Å². The second-order valence-corrected chi connectivity index (χ2v) is 5.69. The lowest BCUT2D eigenvalue weighted by atomic mass is 10.2. The van der Waals surface area contributed by atoms with Crippen molar-refractivity contribution in [3.8, 4) is 11.5 Å². The van der Waals surface area contributed by atoms with Crippen molar-refractivity contribution in [2.75, 3.05) is 7.11 Å². The highest BCUT2D eigenvalue weighted by Crippen LogP contribution is 2.29. The highest BCUT2D eigenvalue weighted by molar-refractivity contribution is 5.98. The number of alkyl halides is 2. The molecule has 0 saturated heterocycles. The van der Waals surface area contributed by atoms with Crippen molar-refractivity contribution in [1.29, 1.82) is 0 Å². The van der Waals surface area contributed by atoms with Crippen molar-refractivity contribution in [3.63, 3.8) is 0 Å². The van der Waals surface area contributed by atoms with Crippen molar-refractivity contribution in [1.82, 2.24) is 9.88 Å². The fraction of sp³-hybridized carbons (Fsp3) is 0.211. The number of fused-ring (bicyclic) bond motifs is 1. The van der Waals surface area contributed by atoms with Gasteiger partial charge in [-0.25, -0.2) is 0 Å². The lowest BCUT2D eigenvalue weighted by Crippen LogP contribution is -2.24. The summed E-state index contributed by atoms with van der Waals surface area (Å²) < 4.78 is 36.0. The topological polar surface area (TPSA) is 52.5 Å². The van der Waals surface area contributed by atoms with Gasteiger partial charge in [0.1, 0.15) is 5.69 Å². The van der Waals surface area contributed by atoms with Crippen LogP contribution in [-0.4, -0.2) is 24.2 Å². The van der Waals surface area contributed by atoms with Crippen LogP contribution in [0.1, 0.15) is 16.1 Å². The van der Waals surface area contributed by atoms with Gasteiger partial charge in [-0.3, -0.25) is 4.79 Å². The van der Waals surface area contributed by atoms with Crippen LogP contribution in [0.2, 0.25) is 0 Å². The van der Waals surface area contributed by atoms with Gasteiger partial charge in [-0.1, -0.05) is 24.3 Å². The van der Waals surface area contributed by atoms with E-state index in [0.717, 1.165) is 10.9 Å². The quantitative estimate of drug-likeness (QED) is 0.729. The van der Waals surface area contributed by atoms with Crippen LogP contribution in [0.3, 0.4) is 0 Å². The standard InChI is InChI=1S/C19H18F2N2O3/c1-23-14-6-4-3-5-13(14)10-15(23)18(24)22-11-12-7-8-16(26-19(20)21)17(9-12)25-2/h3-10,19H,11H2,1-2H3,(H,22,24). The zero-order valence-electron chi connectivity index (χ0n) is 14.3. The van der Waals surface area contributed by atoms with Crippen LogP contribution in [-0.2, 0) is 13.6 Å². The summed E-state index contributed by atoms with van der Waals surface area (Å²) in [5, 5.41) is 3.81. The number of hydrogen-bond donors (Lipinski definition) is 1. The fourth-order valence-corrected chi connectivity index (χ4v) is 2.79. The molecule has 0 aliphatic heterocycles. The minimum atomic E-state index is -2.93. The Balaban J connectivity index is 1.73. The minimum Gasteiger partial charge on any atom is -0.493 e. The first-order valence-corrected chi connectivity index (χ1v) is 7.94. The molecule has 136 valence electrons. The molecule has 5 nitrogen and oxygen atoms in total. The van der Waals surface area contributed by atoms with Gasteiger partial charge < -0.3 is 19.4 Å². The SMILES string of the molecule is COc1cc(CNC(=O)c2cc3ccccc3n2C)ccc1OC(F)F. The van der Waals surface area contributed by atoms with Crippen LogP contribution in [0.25, 0.3) is 10.9 Å². The van der Waals surface area contributed by atoms with Gasteiger partial charge in [0.25, 0.3) is 5.91 Å². The van der Waals surface area contributed by atoms with Gasteiger partial charge in [-0.15, -0.1) is 0 Å². The first-order chi connectivity index (χ1) is 12.5. The Morgan fingerprint density at radius 3 is 2.62 bits per heavy atom. The number of benzene rings is 2. The van der Waals surface area contributed by atoms with E-state index in [9.17, 15) is 13.6 Å². The Hall–Kier alpha value is -3.09. The average molecular weight is 360 g/mol. The largest absolute Gasteiger partial charge is 0.493 e. The van der Waals surface area contributed by atoms with Gasteiger partial charge in [0, 0.05) is 24.5 Å². The third-order valence-corrected chi connectivity index (χ3v) is 4.08. The molecule has 2 aromatic carbocycles. The zero-order valence-corrected chi connectivity index (χ0v) is 14.3. The number of methoxy groups -OCH3 is 1. The number of carbonyl (C=O) groups excluding carboxylic acids is 1. The number of carbonyl (C=O) groups is 1. The molecule has 1 heterocycles. The van der Waals surface area contributed by atoms with Gasteiger partial charge in [-0.05, 0) is 29.8 Å². The maximum Gasteiger partial charge on any atom is 0.387 e. The molecule has 3 aromatic rings. The Labute approximate surface area is 149 Å². The number of ether oxygens (including phenoxy) is 2. The number of amides is 1. The first-order valence-electron chi connectivity index (χ1n) is 7.94. The maximum absolute atomic E-state index is 12.5. The Kier molecular flexibility index (Phi) is 5.06. The van der Waals surface area contributed by atoms with Gasteiger partial charge in [0.15, 0.2) is 11.5 Å². The maximum atomic E-state index is 12.5. The monoisotopic (exact) mass is 360 g/mol. The fourth-order valence-electron chi connectivity index (χ4n) is 2.79. The van der Waals surface area contributed by atoms with E-state index in [4.69, 9.17) is 4.74 Å². The third kappa shape index (κ3) is 3.61. The van der Waals surface area contributed by atoms with Gasteiger partial charge >= 0.3 is 6.61 Å². The van der Waals surface area contributed by atoms with Crippen molar-refractivity contribution in [3.05, 3.63) is 59.8 Å². The summed E-state index contributed by atoms with van der Waals surface area (Å²) in [5.41, 5.74) is 2.21. The molecule has 0 bridgehead atoms. The van der Waals surface area contributed by atoms with E-state index in [2.05, 4.69) is 10.1 Å². The molecule has 1 aromatic heterocycles. The lowest BCUT2D eigenvalue weighted by Gasteiger charge is -2.12. The minimum absolute atomic E-state index is 0.0498. The number of para-hydroxylation sites is 1. The summed E-state index contributed by atoms with van der Waals surface area (Å²) in [5.74, 6) is -0.0940. The van der Waals surface area contributed by atoms with Crippen molar-refractivity contribution in [2.45, 2.75) is 13.2 Å². The summed E-state index contributed by atoms with van der Waals surface area (Å²) in [6.07, 6.45) is 0. The van der Waals surface area contributed by atoms with E-state index < -0.39 is 6.61 Å². The number of nitrogens with zero attached hydrogens (tertiary/aromatic N) is 1. The zero-order chi connectivity index (χ0) is 18.7. The second kappa shape index (κ2) is 7.43. The second-order valence-electron chi connectivity index (χ2n) is 5.69. The van der Waals surface area contributed by atoms with Crippen molar-refractivity contribution >= 4 is 16.8 Å². The predicted octanol–water partition coefficient (Wildman–Crippen LogP) is 3.72. The van der Waals surface area contributed by atoms with Crippen LogP contribution in [0.15, 0.2) is 48.5 Å². The number of nitrogens with one attached hydrogen (secondary N) is 1. The lowest BCUT2D eigenvalue weighted by molar-refractivity contribution is -0.0512. The summed E-state index contributed by atoms with van der Waals surface area (Å²) in [6, 6.07) is 14.1. The molecule has 0 saturated carbocycles. The average Bonchev–Trinajstić information content (AvgIpc) is 2.97. The molecule has 0 fully saturated rings. The Bertz CT molecular complexity index is 938. The molecule has 0 aliphatic carbocycles. The molecular weight excluding hydrogens is 342 g/mol. The summed E-state index contributed by atoms with van der Waals surface area (Å²) in [6.45, 7) is -2.70. The highest BCUT2D eigenvalue weighted by Gasteiger charge is 2.14. The van der Waals surface area contributed by atoms with Crippen molar-refractivity contribution < 1.29 is 23.0 Å². The summed E-state index contributed by atoms with van der Waals surface area (Å²) >= 11 is 0. The van der Waals surface area contributed by atoms with Gasteiger partial charge in [0.05, 0.1) is 7.11 Å². The highest BCUT2D eigenvalue weighted by atomic mass is 19.3.